The molecule has 0 aromatic heterocycles. The van der Waals surface area contributed by atoms with Crippen LogP contribution in [-0.2, 0) is 9.53 Å². The van der Waals surface area contributed by atoms with E-state index < -0.39 is 0 Å². The largest absolute Gasteiger partial charge is 0.471 e. The average Bonchev–Trinajstić information content (AvgIpc) is 2.54. The predicted octanol–water partition coefficient (Wildman–Crippen LogP) is 0.897. The Bertz CT molecular complexity index is 161. The predicted molar refractivity (Wildman–Crippen MR) is 48.8 cm³/mol. The van der Waals surface area contributed by atoms with Crippen LogP contribution >= 0.6 is 0 Å². The minimum atomic E-state index is 0. The van der Waals surface area contributed by atoms with E-state index in [1.807, 2.05) is 0 Å². The van der Waals surface area contributed by atoms with Crippen molar-refractivity contribution in [3.8, 4) is 0 Å². The monoisotopic (exact) mass is 173 g/mol. The number of carbonyl (C=O) groups excluding carboxylic acids is 1. The Balaban J connectivity index is 0.000000256. The Morgan fingerprint density at radius 1 is 1.50 bits per heavy atom. The number of piperidine rings is 1. The summed E-state index contributed by atoms with van der Waals surface area (Å²) in [5, 5.41) is 3.38. The van der Waals surface area contributed by atoms with E-state index in [0.717, 1.165) is 11.8 Å². The highest BCUT2D eigenvalue weighted by Gasteiger charge is 2.59. The Morgan fingerprint density at radius 2 is 1.92 bits per heavy atom. The van der Waals surface area contributed by atoms with Crippen LogP contribution in [0.1, 0.15) is 15.3 Å². The molecule has 0 aromatic carbocycles. The van der Waals surface area contributed by atoms with Gasteiger partial charge in [-0.15, -0.1) is 0 Å². The molecule has 1 N–H and O–H groups in total. The topological polar surface area (TPSA) is 38.3 Å². The molecule has 3 heteroatoms. The van der Waals surface area contributed by atoms with Crippen LogP contribution in [0.15, 0.2) is 0 Å². The highest BCUT2D eigenvalue weighted by Crippen LogP contribution is 2.59. The molecule has 0 unspecified atom stereocenters. The first-order valence-electron chi connectivity index (χ1n) is 4.31. The SMILES string of the molecule is CC1(C)[C@@H]2CNC[C@@H]21.COC=O.[HH]. The van der Waals surface area contributed by atoms with Crippen LogP contribution in [0.5, 0.6) is 0 Å². The lowest BCUT2D eigenvalue weighted by Gasteiger charge is -2.06. The van der Waals surface area contributed by atoms with E-state index in [4.69, 9.17) is 4.79 Å². The number of methoxy groups -OCH3 is 1. The third-order valence-electron chi connectivity index (χ3n) is 3.11. The van der Waals surface area contributed by atoms with Crippen molar-refractivity contribution in [2.45, 2.75) is 13.8 Å². The van der Waals surface area contributed by atoms with Gasteiger partial charge in [0.25, 0.3) is 6.47 Å². The smallest absolute Gasteiger partial charge is 0.292 e. The molecule has 72 valence electrons. The van der Waals surface area contributed by atoms with Crippen LogP contribution in [0.3, 0.4) is 0 Å². The fourth-order valence-corrected chi connectivity index (χ4v) is 2.06. The highest BCUT2D eigenvalue weighted by molar-refractivity contribution is 5.36. The highest BCUT2D eigenvalue weighted by atomic mass is 16.5. The van der Waals surface area contributed by atoms with E-state index in [1.54, 1.807) is 0 Å². The van der Waals surface area contributed by atoms with Crippen molar-refractivity contribution in [1.82, 2.24) is 5.32 Å². The minimum absolute atomic E-state index is 0. The summed E-state index contributed by atoms with van der Waals surface area (Å²) in [6.07, 6.45) is 0. The van der Waals surface area contributed by atoms with E-state index >= 15 is 0 Å². The minimum Gasteiger partial charge on any atom is -0.471 e. The summed E-state index contributed by atoms with van der Waals surface area (Å²) >= 11 is 0. The molecular weight excluding hydrogens is 154 g/mol. The second-order valence-electron chi connectivity index (χ2n) is 4.02. The van der Waals surface area contributed by atoms with Gasteiger partial charge in [0.2, 0.25) is 0 Å². The molecular formula is C9H19NO2. The first kappa shape index (κ1) is 9.52. The maximum atomic E-state index is 8.95. The van der Waals surface area contributed by atoms with Gasteiger partial charge in [0, 0.05) is 1.43 Å². The Morgan fingerprint density at radius 3 is 2.08 bits per heavy atom. The zero-order chi connectivity index (χ0) is 9.19. The van der Waals surface area contributed by atoms with Crippen LogP contribution < -0.4 is 5.32 Å². The maximum absolute atomic E-state index is 8.95. The molecule has 1 saturated heterocycles. The number of ether oxygens (including phenoxy) is 1. The van der Waals surface area contributed by atoms with Crippen LogP contribution in [0.4, 0.5) is 0 Å². The van der Waals surface area contributed by atoms with Gasteiger partial charge in [0.05, 0.1) is 7.11 Å². The van der Waals surface area contributed by atoms with E-state index in [1.165, 1.54) is 20.2 Å². The van der Waals surface area contributed by atoms with Crippen molar-refractivity contribution >= 4 is 6.47 Å². The van der Waals surface area contributed by atoms with Crippen LogP contribution in [0, 0.1) is 17.3 Å². The molecule has 2 atom stereocenters. The van der Waals surface area contributed by atoms with Gasteiger partial charge in [-0.1, -0.05) is 13.8 Å². The number of rotatable bonds is 1. The molecule has 0 spiro atoms. The third-order valence-corrected chi connectivity index (χ3v) is 3.11. The van der Waals surface area contributed by atoms with Gasteiger partial charge < -0.3 is 10.1 Å². The van der Waals surface area contributed by atoms with Gasteiger partial charge in [-0.05, 0) is 30.3 Å². The van der Waals surface area contributed by atoms with Crippen molar-refractivity contribution in [3.63, 3.8) is 0 Å². The summed E-state index contributed by atoms with van der Waals surface area (Å²) in [6, 6.07) is 0. The van der Waals surface area contributed by atoms with E-state index in [2.05, 4.69) is 23.9 Å². The van der Waals surface area contributed by atoms with E-state index in [-0.39, 0.29) is 1.43 Å². The fraction of sp³-hybridized carbons (Fsp3) is 0.889. The zero-order valence-electron chi connectivity index (χ0n) is 7.96. The lowest BCUT2D eigenvalue weighted by Crippen LogP contribution is -2.17. The molecule has 2 rings (SSSR count). The van der Waals surface area contributed by atoms with Crippen LogP contribution in [-0.4, -0.2) is 26.7 Å². The summed E-state index contributed by atoms with van der Waals surface area (Å²) in [4.78, 5) is 8.95. The molecule has 1 heterocycles. The van der Waals surface area contributed by atoms with E-state index in [0.29, 0.717) is 11.9 Å². The maximum Gasteiger partial charge on any atom is 0.292 e. The molecule has 0 radical (unpaired) electrons. The van der Waals surface area contributed by atoms with E-state index in [9.17, 15) is 0 Å². The van der Waals surface area contributed by atoms with Crippen molar-refractivity contribution in [1.29, 1.82) is 0 Å². The number of hydrogen-bond acceptors (Lipinski definition) is 3. The molecule has 2 fully saturated rings. The zero-order valence-corrected chi connectivity index (χ0v) is 7.96. The lowest BCUT2D eigenvalue weighted by atomic mass is 10.1. The van der Waals surface area contributed by atoms with Gasteiger partial charge in [-0.2, -0.15) is 0 Å². The third kappa shape index (κ3) is 1.61. The first-order valence-corrected chi connectivity index (χ1v) is 4.31. The van der Waals surface area contributed by atoms with Gasteiger partial charge in [-0.25, -0.2) is 0 Å². The van der Waals surface area contributed by atoms with Crippen molar-refractivity contribution in [2.75, 3.05) is 20.2 Å². The van der Waals surface area contributed by atoms with Gasteiger partial charge >= 0.3 is 0 Å². The summed E-state index contributed by atoms with van der Waals surface area (Å²) in [5.41, 5.74) is 0.700. The first-order chi connectivity index (χ1) is 5.64. The number of carbonyl (C=O) groups is 1. The summed E-state index contributed by atoms with van der Waals surface area (Å²) in [5.74, 6) is 2.03. The van der Waals surface area contributed by atoms with Crippen molar-refractivity contribution < 1.29 is 11.0 Å². The molecule has 1 aliphatic heterocycles. The van der Waals surface area contributed by atoms with Gasteiger partial charge in [0.1, 0.15) is 0 Å². The summed E-state index contributed by atoms with van der Waals surface area (Å²) in [7, 11) is 1.31. The summed E-state index contributed by atoms with van der Waals surface area (Å²) < 4.78 is 3.86. The molecule has 0 bridgehead atoms. The average molecular weight is 173 g/mol. The summed E-state index contributed by atoms with van der Waals surface area (Å²) in [6.45, 7) is 7.68. The standard InChI is InChI=1S/C7H13N.C2H4O2.H2/c1-7(2)5-3-8-4-6(5)7;1-4-2-3;/h5-6,8H,3-4H2,1-2H3;2H,1H3;1H/t5-,6+;;. The molecule has 3 nitrogen and oxygen atoms in total. The molecule has 1 aliphatic carbocycles. The Kier molecular flexibility index (Phi) is 2.73. The molecule has 0 aromatic rings. The van der Waals surface area contributed by atoms with Gasteiger partial charge in [-0.3, -0.25) is 4.79 Å². The number of fused-ring (bicyclic) bond motifs is 1. The van der Waals surface area contributed by atoms with Crippen molar-refractivity contribution in [2.24, 2.45) is 17.3 Å². The molecule has 1 saturated carbocycles. The Labute approximate surface area is 75.0 Å². The molecule has 12 heavy (non-hydrogen) atoms. The fourth-order valence-electron chi connectivity index (χ4n) is 2.06. The number of nitrogens with one attached hydrogen (secondary N) is 1. The second-order valence-corrected chi connectivity index (χ2v) is 4.02. The normalized spacial score (nSPS) is 34.2. The Hall–Kier alpha value is -0.570. The van der Waals surface area contributed by atoms with Crippen LogP contribution in [0.25, 0.3) is 0 Å². The quantitative estimate of drug-likeness (QED) is 0.599. The number of hydrogen-bond donors (Lipinski definition) is 1. The van der Waals surface area contributed by atoms with Crippen LogP contribution in [0.2, 0.25) is 0 Å². The molecule has 2 aliphatic rings. The second kappa shape index (κ2) is 3.44. The van der Waals surface area contributed by atoms with Crippen molar-refractivity contribution in [3.05, 3.63) is 0 Å². The lowest BCUT2D eigenvalue weighted by molar-refractivity contribution is -0.126. The van der Waals surface area contributed by atoms with Gasteiger partial charge in [0.15, 0.2) is 0 Å². The molecule has 0 amide bonds.